The molecule has 2 N–H and O–H groups in total. The van der Waals surface area contributed by atoms with Crippen LogP contribution in [0.25, 0.3) is 0 Å². The van der Waals surface area contributed by atoms with Gasteiger partial charge in [0.2, 0.25) is 0 Å². The fourth-order valence-corrected chi connectivity index (χ4v) is 1.58. The summed E-state index contributed by atoms with van der Waals surface area (Å²) < 4.78 is 17.5. The first-order valence-corrected chi connectivity index (χ1v) is 5.11. The van der Waals surface area contributed by atoms with Gasteiger partial charge in [-0.15, -0.1) is 0 Å². The number of nitrogens with two attached hydrogens (primary N) is 1. The van der Waals surface area contributed by atoms with E-state index in [1.54, 1.807) is 6.07 Å². The van der Waals surface area contributed by atoms with Crippen molar-refractivity contribution in [1.82, 2.24) is 0 Å². The van der Waals surface area contributed by atoms with Gasteiger partial charge in [0.25, 0.3) is 0 Å². The van der Waals surface area contributed by atoms with Crippen LogP contribution in [0.2, 0.25) is 0 Å². The summed E-state index contributed by atoms with van der Waals surface area (Å²) in [7, 11) is 1.34. The highest BCUT2D eigenvalue weighted by Crippen LogP contribution is 2.15. The second kappa shape index (κ2) is 5.61. The van der Waals surface area contributed by atoms with Crippen molar-refractivity contribution in [2.45, 2.75) is 13.3 Å². The molecule has 0 saturated carbocycles. The molecule has 0 aromatic heterocycles. The number of esters is 1. The minimum absolute atomic E-state index is 0.226. The van der Waals surface area contributed by atoms with Crippen molar-refractivity contribution < 1.29 is 13.9 Å². The monoisotopic (exact) mass is 225 g/mol. The average Bonchev–Trinajstić information content (AvgIpc) is 2.27. The molecule has 0 heterocycles. The second-order valence-corrected chi connectivity index (χ2v) is 3.73. The standard InChI is InChI=1S/C12H16FNO2/c1-8-5-11(13)4-3-9(8)6-10(7-14)12(15)16-2/h3-5,10H,6-7,14H2,1-2H3. The quantitative estimate of drug-likeness (QED) is 0.788. The summed E-state index contributed by atoms with van der Waals surface area (Å²) in [6.45, 7) is 2.03. The number of methoxy groups -OCH3 is 1. The van der Waals surface area contributed by atoms with Gasteiger partial charge < -0.3 is 10.5 Å². The fraction of sp³-hybridized carbons (Fsp3) is 0.417. The van der Waals surface area contributed by atoms with Crippen LogP contribution in [0.4, 0.5) is 4.39 Å². The first kappa shape index (κ1) is 12.6. The lowest BCUT2D eigenvalue weighted by atomic mass is 9.96. The van der Waals surface area contributed by atoms with Gasteiger partial charge in [0, 0.05) is 6.54 Å². The number of carbonyl (C=O) groups excluding carboxylic acids is 1. The summed E-state index contributed by atoms with van der Waals surface area (Å²) >= 11 is 0. The molecule has 3 nitrogen and oxygen atoms in total. The Morgan fingerprint density at radius 1 is 1.56 bits per heavy atom. The van der Waals surface area contributed by atoms with Crippen LogP contribution >= 0.6 is 0 Å². The zero-order valence-corrected chi connectivity index (χ0v) is 9.50. The van der Waals surface area contributed by atoms with Crippen molar-refractivity contribution in [3.8, 4) is 0 Å². The molecule has 1 aromatic carbocycles. The summed E-state index contributed by atoms with van der Waals surface area (Å²) in [6.07, 6.45) is 0.481. The fourth-order valence-electron chi connectivity index (χ4n) is 1.58. The zero-order valence-electron chi connectivity index (χ0n) is 9.50. The second-order valence-electron chi connectivity index (χ2n) is 3.73. The molecular formula is C12H16FNO2. The largest absolute Gasteiger partial charge is 0.469 e. The number of halogens is 1. The molecular weight excluding hydrogens is 209 g/mol. The van der Waals surface area contributed by atoms with Crippen molar-refractivity contribution in [1.29, 1.82) is 0 Å². The van der Waals surface area contributed by atoms with Gasteiger partial charge in [-0.05, 0) is 36.6 Å². The lowest BCUT2D eigenvalue weighted by Crippen LogP contribution is -2.27. The Hall–Kier alpha value is -1.42. The smallest absolute Gasteiger partial charge is 0.310 e. The summed E-state index contributed by atoms with van der Waals surface area (Å²) in [4.78, 5) is 11.3. The molecule has 0 bridgehead atoms. The number of hydrogen-bond acceptors (Lipinski definition) is 3. The Bertz CT molecular complexity index is 379. The van der Waals surface area contributed by atoms with Crippen molar-refractivity contribution >= 4 is 5.97 Å². The van der Waals surface area contributed by atoms with E-state index in [1.165, 1.54) is 19.2 Å². The third-order valence-corrected chi connectivity index (χ3v) is 2.59. The van der Waals surface area contributed by atoms with E-state index in [2.05, 4.69) is 4.74 Å². The van der Waals surface area contributed by atoms with Crippen LogP contribution in [0.1, 0.15) is 11.1 Å². The number of ether oxygens (including phenoxy) is 1. The van der Waals surface area contributed by atoms with E-state index in [1.807, 2.05) is 6.92 Å². The molecule has 0 spiro atoms. The normalized spacial score (nSPS) is 12.2. The summed E-state index contributed by atoms with van der Waals surface area (Å²) in [6, 6.07) is 4.50. The highest BCUT2D eigenvalue weighted by molar-refractivity contribution is 5.73. The van der Waals surface area contributed by atoms with Crippen molar-refractivity contribution in [2.24, 2.45) is 11.7 Å². The maximum atomic E-state index is 12.9. The minimum atomic E-state index is -0.367. The highest BCUT2D eigenvalue weighted by Gasteiger charge is 2.18. The van der Waals surface area contributed by atoms with Crippen molar-refractivity contribution in [3.63, 3.8) is 0 Å². The van der Waals surface area contributed by atoms with Crippen LogP contribution in [-0.4, -0.2) is 19.6 Å². The lowest BCUT2D eigenvalue weighted by molar-refractivity contribution is -0.145. The Morgan fingerprint density at radius 3 is 2.75 bits per heavy atom. The minimum Gasteiger partial charge on any atom is -0.469 e. The van der Waals surface area contributed by atoms with Gasteiger partial charge in [0.05, 0.1) is 13.0 Å². The maximum Gasteiger partial charge on any atom is 0.310 e. The van der Waals surface area contributed by atoms with Crippen LogP contribution < -0.4 is 5.73 Å². The first-order valence-electron chi connectivity index (χ1n) is 5.11. The van der Waals surface area contributed by atoms with Gasteiger partial charge in [-0.25, -0.2) is 4.39 Å². The molecule has 1 rings (SSSR count). The molecule has 1 aromatic rings. The van der Waals surface area contributed by atoms with Gasteiger partial charge >= 0.3 is 5.97 Å². The molecule has 0 saturated heterocycles. The molecule has 1 atom stereocenters. The average molecular weight is 225 g/mol. The Kier molecular flexibility index (Phi) is 4.43. The summed E-state index contributed by atoms with van der Waals surface area (Å²) in [5, 5.41) is 0. The van der Waals surface area contributed by atoms with Crippen LogP contribution in [0, 0.1) is 18.7 Å². The van der Waals surface area contributed by atoms with Crippen LogP contribution in [0.3, 0.4) is 0 Å². The van der Waals surface area contributed by atoms with E-state index < -0.39 is 0 Å². The number of rotatable bonds is 4. The maximum absolute atomic E-state index is 12.9. The molecule has 16 heavy (non-hydrogen) atoms. The van der Waals surface area contributed by atoms with E-state index in [4.69, 9.17) is 5.73 Å². The number of hydrogen-bond donors (Lipinski definition) is 1. The van der Waals surface area contributed by atoms with Crippen LogP contribution in [0.15, 0.2) is 18.2 Å². The predicted octanol–water partition coefficient (Wildman–Crippen LogP) is 1.42. The zero-order chi connectivity index (χ0) is 12.1. The topological polar surface area (TPSA) is 52.3 Å². The molecule has 0 radical (unpaired) electrons. The summed E-state index contributed by atoms with van der Waals surface area (Å²) in [5.41, 5.74) is 7.24. The van der Waals surface area contributed by atoms with E-state index >= 15 is 0 Å². The van der Waals surface area contributed by atoms with Crippen molar-refractivity contribution in [2.75, 3.05) is 13.7 Å². The molecule has 0 fully saturated rings. The van der Waals surface area contributed by atoms with Gasteiger partial charge in [-0.2, -0.15) is 0 Å². The van der Waals surface area contributed by atoms with Crippen LogP contribution in [-0.2, 0) is 16.0 Å². The van der Waals surface area contributed by atoms with Gasteiger partial charge in [-0.1, -0.05) is 6.07 Å². The molecule has 0 amide bonds. The van der Waals surface area contributed by atoms with E-state index in [9.17, 15) is 9.18 Å². The molecule has 88 valence electrons. The van der Waals surface area contributed by atoms with E-state index in [0.29, 0.717) is 6.42 Å². The van der Waals surface area contributed by atoms with E-state index in [0.717, 1.165) is 11.1 Å². The SMILES string of the molecule is COC(=O)C(CN)Cc1ccc(F)cc1C. The third kappa shape index (κ3) is 3.03. The Labute approximate surface area is 94.4 Å². The number of aryl methyl sites for hydroxylation is 1. The van der Waals surface area contributed by atoms with Crippen LogP contribution in [0.5, 0.6) is 0 Å². The Balaban J connectivity index is 2.82. The third-order valence-electron chi connectivity index (χ3n) is 2.59. The molecule has 0 aliphatic rings. The van der Waals surface area contributed by atoms with Gasteiger partial charge in [0.1, 0.15) is 5.82 Å². The molecule has 0 aliphatic carbocycles. The lowest BCUT2D eigenvalue weighted by Gasteiger charge is -2.13. The number of benzene rings is 1. The highest BCUT2D eigenvalue weighted by atomic mass is 19.1. The van der Waals surface area contributed by atoms with Crippen molar-refractivity contribution in [3.05, 3.63) is 35.1 Å². The predicted molar refractivity (Wildman–Crippen MR) is 59.4 cm³/mol. The molecule has 4 heteroatoms. The Morgan fingerprint density at radius 2 is 2.25 bits per heavy atom. The number of carbonyl (C=O) groups is 1. The summed E-state index contributed by atoms with van der Waals surface area (Å²) in [5.74, 6) is -0.969. The molecule has 1 unspecified atom stereocenters. The van der Waals surface area contributed by atoms with Gasteiger partial charge in [0.15, 0.2) is 0 Å². The first-order chi connectivity index (χ1) is 7.58. The molecule has 0 aliphatic heterocycles. The van der Waals surface area contributed by atoms with Gasteiger partial charge in [-0.3, -0.25) is 4.79 Å². The van der Waals surface area contributed by atoms with E-state index in [-0.39, 0.29) is 24.2 Å².